The molecule has 5 heteroatoms. The Labute approximate surface area is 128 Å². The van der Waals surface area contributed by atoms with Gasteiger partial charge < -0.3 is 15.2 Å². The molecule has 0 heterocycles. The van der Waals surface area contributed by atoms with E-state index in [0.29, 0.717) is 6.54 Å². The van der Waals surface area contributed by atoms with Crippen molar-refractivity contribution in [3.8, 4) is 11.5 Å². The molecule has 2 aromatic rings. The van der Waals surface area contributed by atoms with Gasteiger partial charge >= 0.3 is 0 Å². The molecule has 0 aromatic heterocycles. The van der Waals surface area contributed by atoms with Crippen LogP contribution in [0.3, 0.4) is 0 Å². The minimum atomic E-state index is 0.258. The summed E-state index contributed by atoms with van der Waals surface area (Å²) in [5, 5.41) is 12.5. The molecule has 2 aromatic carbocycles. The van der Waals surface area contributed by atoms with Crippen LogP contribution in [0.4, 0.5) is 5.69 Å². The fraction of sp³-hybridized carbons (Fsp3) is 0.143. The Morgan fingerprint density at radius 2 is 1.84 bits per heavy atom. The smallest absolute Gasteiger partial charge is 0.138 e. The molecule has 0 radical (unpaired) electrons. The molecule has 0 spiro atoms. The monoisotopic (exact) mass is 385 g/mol. The van der Waals surface area contributed by atoms with Gasteiger partial charge in [-0.3, -0.25) is 0 Å². The van der Waals surface area contributed by atoms with Crippen molar-refractivity contribution in [2.45, 2.75) is 6.54 Å². The fourth-order valence-corrected chi connectivity index (χ4v) is 3.23. The first-order valence-corrected chi connectivity index (χ1v) is 7.23. The Balaban J connectivity index is 2.17. The van der Waals surface area contributed by atoms with Gasteiger partial charge in [0.2, 0.25) is 0 Å². The maximum absolute atomic E-state index is 9.24. The maximum atomic E-state index is 9.24. The van der Waals surface area contributed by atoms with Crippen LogP contribution in [0.15, 0.2) is 45.3 Å². The van der Waals surface area contributed by atoms with Crippen molar-refractivity contribution in [1.82, 2.24) is 0 Å². The maximum Gasteiger partial charge on any atom is 0.138 e. The number of hydrogen-bond acceptors (Lipinski definition) is 3. The second kappa shape index (κ2) is 6.30. The second-order valence-corrected chi connectivity index (χ2v) is 5.75. The zero-order chi connectivity index (χ0) is 13.8. The van der Waals surface area contributed by atoms with Crippen LogP contribution in [-0.2, 0) is 6.54 Å². The number of halogens is 2. The molecule has 0 aliphatic rings. The van der Waals surface area contributed by atoms with Crippen LogP contribution in [0.5, 0.6) is 11.5 Å². The molecule has 0 unspecified atom stereocenters. The number of nitrogens with one attached hydrogen (secondary N) is 1. The third-order valence-electron chi connectivity index (χ3n) is 2.64. The molecule has 0 bridgehead atoms. The SMILES string of the molecule is COc1c(Br)cc(Br)cc1CNc1ccc(O)cc1. The summed E-state index contributed by atoms with van der Waals surface area (Å²) in [5.74, 6) is 1.07. The van der Waals surface area contributed by atoms with E-state index in [9.17, 15) is 5.11 Å². The van der Waals surface area contributed by atoms with E-state index in [1.807, 2.05) is 24.3 Å². The third kappa shape index (κ3) is 3.64. The van der Waals surface area contributed by atoms with Crippen LogP contribution in [0.2, 0.25) is 0 Å². The lowest BCUT2D eigenvalue weighted by molar-refractivity contribution is 0.407. The van der Waals surface area contributed by atoms with E-state index >= 15 is 0 Å². The van der Waals surface area contributed by atoms with Gasteiger partial charge in [0, 0.05) is 22.3 Å². The van der Waals surface area contributed by atoms with E-state index in [2.05, 4.69) is 37.2 Å². The Hall–Kier alpha value is -1.20. The van der Waals surface area contributed by atoms with Crippen LogP contribution in [-0.4, -0.2) is 12.2 Å². The van der Waals surface area contributed by atoms with Crippen LogP contribution in [0.25, 0.3) is 0 Å². The van der Waals surface area contributed by atoms with Crippen molar-refractivity contribution in [1.29, 1.82) is 0 Å². The lowest BCUT2D eigenvalue weighted by Crippen LogP contribution is -2.02. The Kier molecular flexibility index (Phi) is 4.71. The molecule has 0 saturated carbocycles. The van der Waals surface area contributed by atoms with Crippen LogP contribution < -0.4 is 10.1 Å². The molecule has 0 atom stereocenters. The molecule has 2 N–H and O–H groups in total. The molecule has 19 heavy (non-hydrogen) atoms. The molecule has 3 nitrogen and oxygen atoms in total. The lowest BCUT2D eigenvalue weighted by Gasteiger charge is -2.13. The van der Waals surface area contributed by atoms with E-state index in [1.54, 1.807) is 19.2 Å². The highest BCUT2D eigenvalue weighted by Gasteiger charge is 2.09. The molecule has 100 valence electrons. The van der Waals surface area contributed by atoms with Crippen molar-refractivity contribution in [3.05, 3.63) is 50.9 Å². The average molecular weight is 387 g/mol. The van der Waals surface area contributed by atoms with Crippen molar-refractivity contribution >= 4 is 37.5 Å². The molecule has 0 aliphatic carbocycles. The summed E-state index contributed by atoms with van der Waals surface area (Å²) in [6.07, 6.45) is 0. The number of phenols is 1. The standard InChI is InChI=1S/C14H13Br2NO2/c1-19-14-9(6-10(15)7-13(14)16)8-17-11-2-4-12(18)5-3-11/h2-7,17-18H,8H2,1H3. The van der Waals surface area contributed by atoms with E-state index < -0.39 is 0 Å². The lowest BCUT2D eigenvalue weighted by atomic mass is 10.2. The molecular formula is C14H13Br2NO2. The quantitative estimate of drug-likeness (QED) is 0.758. The van der Waals surface area contributed by atoms with E-state index in [4.69, 9.17) is 4.74 Å². The number of phenolic OH excluding ortho intramolecular Hbond substituents is 1. The zero-order valence-electron chi connectivity index (χ0n) is 10.3. The van der Waals surface area contributed by atoms with Gasteiger partial charge in [-0.1, -0.05) is 15.9 Å². The molecule has 0 saturated heterocycles. The van der Waals surface area contributed by atoms with Gasteiger partial charge in [-0.2, -0.15) is 0 Å². The first-order chi connectivity index (χ1) is 9.10. The second-order valence-electron chi connectivity index (χ2n) is 3.98. The highest BCUT2D eigenvalue weighted by Crippen LogP contribution is 2.33. The third-order valence-corrected chi connectivity index (χ3v) is 3.69. The van der Waals surface area contributed by atoms with E-state index in [1.165, 1.54) is 0 Å². The van der Waals surface area contributed by atoms with Crippen molar-refractivity contribution < 1.29 is 9.84 Å². The summed E-state index contributed by atoms with van der Waals surface area (Å²) in [7, 11) is 1.65. The minimum Gasteiger partial charge on any atom is -0.508 e. The van der Waals surface area contributed by atoms with Gasteiger partial charge in [0.1, 0.15) is 11.5 Å². The minimum absolute atomic E-state index is 0.258. The Morgan fingerprint density at radius 3 is 2.47 bits per heavy atom. The number of hydrogen-bond donors (Lipinski definition) is 2. The zero-order valence-corrected chi connectivity index (χ0v) is 13.5. The number of aromatic hydroxyl groups is 1. The Morgan fingerprint density at radius 1 is 1.16 bits per heavy atom. The normalized spacial score (nSPS) is 10.3. The summed E-state index contributed by atoms with van der Waals surface area (Å²) in [4.78, 5) is 0. The predicted octanol–water partition coefficient (Wildman–Crippen LogP) is 4.54. The number of methoxy groups -OCH3 is 1. The summed E-state index contributed by atoms with van der Waals surface area (Å²) in [6, 6.07) is 10.9. The molecule has 0 amide bonds. The Bertz CT molecular complexity index is 570. The van der Waals surface area contributed by atoms with Gasteiger partial charge in [0.05, 0.1) is 11.6 Å². The number of ether oxygens (including phenoxy) is 1. The molecule has 2 rings (SSSR count). The molecule has 0 aliphatic heterocycles. The van der Waals surface area contributed by atoms with Gasteiger partial charge in [0.15, 0.2) is 0 Å². The first kappa shape index (κ1) is 14.2. The van der Waals surface area contributed by atoms with Crippen molar-refractivity contribution in [2.24, 2.45) is 0 Å². The van der Waals surface area contributed by atoms with Crippen LogP contribution in [0, 0.1) is 0 Å². The number of rotatable bonds is 4. The van der Waals surface area contributed by atoms with Gasteiger partial charge in [-0.05, 0) is 52.3 Å². The van der Waals surface area contributed by atoms with Gasteiger partial charge in [0.25, 0.3) is 0 Å². The van der Waals surface area contributed by atoms with Gasteiger partial charge in [-0.15, -0.1) is 0 Å². The fourth-order valence-electron chi connectivity index (χ4n) is 1.75. The largest absolute Gasteiger partial charge is 0.508 e. The average Bonchev–Trinajstić information content (AvgIpc) is 2.37. The topological polar surface area (TPSA) is 41.5 Å². The predicted molar refractivity (Wildman–Crippen MR) is 83.8 cm³/mol. The molecular weight excluding hydrogens is 374 g/mol. The van der Waals surface area contributed by atoms with Crippen molar-refractivity contribution in [2.75, 3.05) is 12.4 Å². The number of anilines is 1. The highest BCUT2D eigenvalue weighted by molar-refractivity contribution is 9.11. The van der Waals surface area contributed by atoms with Crippen LogP contribution >= 0.6 is 31.9 Å². The number of benzene rings is 2. The highest BCUT2D eigenvalue weighted by atomic mass is 79.9. The van der Waals surface area contributed by atoms with E-state index in [0.717, 1.165) is 25.9 Å². The van der Waals surface area contributed by atoms with E-state index in [-0.39, 0.29) is 5.75 Å². The summed E-state index contributed by atoms with van der Waals surface area (Å²) in [6.45, 7) is 0.631. The van der Waals surface area contributed by atoms with Gasteiger partial charge in [-0.25, -0.2) is 0 Å². The first-order valence-electron chi connectivity index (χ1n) is 5.65. The van der Waals surface area contributed by atoms with Crippen molar-refractivity contribution in [3.63, 3.8) is 0 Å². The molecule has 0 fully saturated rings. The summed E-state index contributed by atoms with van der Waals surface area (Å²) >= 11 is 6.94. The summed E-state index contributed by atoms with van der Waals surface area (Å²) in [5.41, 5.74) is 1.98. The van der Waals surface area contributed by atoms with Crippen LogP contribution in [0.1, 0.15) is 5.56 Å². The summed E-state index contributed by atoms with van der Waals surface area (Å²) < 4.78 is 7.29.